The van der Waals surface area contributed by atoms with Crippen molar-refractivity contribution in [1.29, 1.82) is 0 Å². The summed E-state index contributed by atoms with van der Waals surface area (Å²) in [5.41, 5.74) is 0. The van der Waals surface area contributed by atoms with Crippen LogP contribution >= 0.6 is 0 Å². The predicted molar refractivity (Wildman–Crippen MR) is 41.0 cm³/mol. The molecule has 0 radical (unpaired) electrons. The zero-order chi connectivity index (χ0) is 8.15. The van der Waals surface area contributed by atoms with Gasteiger partial charge in [-0.1, -0.05) is 0 Å². The van der Waals surface area contributed by atoms with Gasteiger partial charge in [0.15, 0.2) is 0 Å². The van der Waals surface area contributed by atoms with Crippen LogP contribution in [0.4, 0.5) is 0 Å². The summed E-state index contributed by atoms with van der Waals surface area (Å²) >= 11 is 0. The van der Waals surface area contributed by atoms with Crippen molar-refractivity contribution in [3.8, 4) is 0 Å². The Balaban J connectivity index is 3.60. The topological polar surface area (TPSA) is 32.7 Å². The van der Waals surface area contributed by atoms with Gasteiger partial charge < -0.3 is 14.7 Å². The molecule has 0 saturated heterocycles. The average Bonchev–Trinajstić information content (AvgIpc) is 1.81. The summed E-state index contributed by atoms with van der Waals surface area (Å²) in [4.78, 5) is 1.99. The molecule has 0 aromatic carbocycles. The first-order valence-electron chi connectivity index (χ1n) is 3.43. The van der Waals surface area contributed by atoms with E-state index >= 15 is 0 Å². The molecule has 0 amide bonds. The Hall–Kier alpha value is -0.120. The number of likely N-dealkylation sites (N-methyl/N-ethyl adjacent to an activating group) is 1. The van der Waals surface area contributed by atoms with Crippen LogP contribution in [0.5, 0.6) is 0 Å². The molecule has 2 unspecified atom stereocenters. The molecule has 0 saturated carbocycles. The fourth-order valence-electron chi connectivity index (χ4n) is 0.784. The molecule has 62 valence electrons. The van der Waals surface area contributed by atoms with E-state index in [0.717, 1.165) is 6.54 Å². The molecule has 0 aliphatic heterocycles. The van der Waals surface area contributed by atoms with Gasteiger partial charge in [0.2, 0.25) is 0 Å². The maximum Gasteiger partial charge on any atom is 0.0953 e. The van der Waals surface area contributed by atoms with Gasteiger partial charge in [0.25, 0.3) is 0 Å². The van der Waals surface area contributed by atoms with Crippen molar-refractivity contribution in [1.82, 2.24) is 4.90 Å². The number of hydrogen-bond acceptors (Lipinski definition) is 3. The molecular formula is C7H17NO2. The molecular weight excluding hydrogens is 130 g/mol. The summed E-state index contributed by atoms with van der Waals surface area (Å²) in [5, 5.41) is 9.11. The molecule has 3 nitrogen and oxygen atoms in total. The zero-order valence-electron chi connectivity index (χ0n) is 7.16. The lowest BCUT2D eigenvalue weighted by Crippen LogP contribution is -2.35. The molecule has 0 spiro atoms. The summed E-state index contributed by atoms with van der Waals surface area (Å²) in [5.74, 6) is 0. The Morgan fingerprint density at radius 3 is 2.10 bits per heavy atom. The van der Waals surface area contributed by atoms with Gasteiger partial charge in [-0.05, 0) is 21.0 Å². The van der Waals surface area contributed by atoms with Crippen LogP contribution in [-0.4, -0.2) is 50.0 Å². The van der Waals surface area contributed by atoms with Gasteiger partial charge in [-0.3, -0.25) is 0 Å². The molecule has 2 atom stereocenters. The minimum atomic E-state index is -0.396. The Bertz CT molecular complexity index is 83.7. The van der Waals surface area contributed by atoms with Crippen molar-refractivity contribution < 1.29 is 9.84 Å². The third-order valence-electron chi connectivity index (χ3n) is 1.39. The number of ether oxygens (including phenoxy) is 1. The highest BCUT2D eigenvalue weighted by molar-refractivity contribution is 4.66. The van der Waals surface area contributed by atoms with E-state index in [9.17, 15) is 0 Å². The lowest BCUT2D eigenvalue weighted by molar-refractivity contribution is -0.0147. The molecule has 1 N–H and O–H groups in total. The Labute approximate surface area is 62.6 Å². The first-order chi connectivity index (χ1) is 4.57. The van der Waals surface area contributed by atoms with Gasteiger partial charge in [0.05, 0.1) is 12.2 Å². The normalized spacial score (nSPS) is 17.4. The van der Waals surface area contributed by atoms with E-state index < -0.39 is 6.10 Å². The van der Waals surface area contributed by atoms with E-state index in [0.29, 0.717) is 0 Å². The van der Waals surface area contributed by atoms with Gasteiger partial charge >= 0.3 is 0 Å². The molecule has 0 aliphatic rings. The van der Waals surface area contributed by atoms with Crippen LogP contribution in [0.25, 0.3) is 0 Å². The average molecular weight is 147 g/mol. The fourth-order valence-corrected chi connectivity index (χ4v) is 0.784. The van der Waals surface area contributed by atoms with Crippen molar-refractivity contribution >= 4 is 0 Å². The number of aliphatic hydroxyl groups is 1. The van der Waals surface area contributed by atoms with Gasteiger partial charge in [-0.25, -0.2) is 0 Å². The highest BCUT2D eigenvalue weighted by Crippen LogP contribution is 1.97. The number of hydrogen-bond donors (Lipinski definition) is 1. The summed E-state index contributed by atoms with van der Waals surface area (Å²) in [7, 11) is 5.52. The van der Waals surface area contributed by atoms with Crippen LogP contribution < -0.4 is 0 Å². The highest BCUT2D eigenvalue weighted by Gasteiger charge is 2.13. The van der Waals surface area contributed by atoms with Crippen LogP contribution in [-0.2, 0) is 4.74 Å². The van der Waals surface area contributed by atoms with Gasteiger partial charge in [-0.2, -0.15) is 0 Å². The highest BCUT2D eigenvalue weighted by atomic mass is 16.5. The van der Waals surface area contributed by atoms with E-state index in [2.05, 4.69) is 0 Å². The van der Waals surface area contributed by atoms with E-state index in [4.69, 9.17) is 9.84 Å². The second kappa shape index (κ2) is 4.66. The molecule has 0 aromatic rings. The number of nitrogens with zero attached hydrogens (tertiary/aromatic N) is 1. The summed E-state index contributed by atoms with van der Waals surface area (Å²) in [6.07, 6.45) is -0.470. The third kappa shape index (κ3) is 3.82. The minimum Gasteiger partial charge on any atom is -0.391 e. The second-order valence-electron chi connectivity index (χ2n) is 2.78. The summed E-state index contributed by atoms with van der Waals surface area (Å²) < 4.78 is 5.03. The van der Waals surface area contributed by atoms with Gasteiger partial charge in [0, 0.05) is 13.7 Å². The Morgan fingerprint density at radius 1 is 1.50 bits per heavy atom. The molecule has 10 heavy (non-hydrogen) atoms. The van der Waals surface area contributed by atoms with Crippen molar-refractivity contribution in [3.05, 3.63) is 0 Å². The molecule has 0 heterocycles. The monoisotopic (exact) mass is 147 g/mol. The maximum absolute atomic E-state index is 9.11. The Morgan fingerprint density at radius 2 is 2.00 bits per heavy atom. The second-order valence-corrected chi connectivity index (χ2v) is 2.78. The van der Waals surface area contributed by atoms with E-state index in [1.807, 2.05) is 19.0 Å². The van der Waals surface area contributed by atoms with Crippen LogP contribution in [0.1, 0.15) is 6.92 Å². The first kappa shape index (κ1) is 9.88. The van der Waals surface area contributed by atoms with Gasteiger partial charge in [0.1, 0.15) is 0 Å². The Kier molecular flexibility index (Phi) is 4.60. The number of aliphatic hydroxyl groups excluding tert-OH is 1. The van der Waals surface area contributed by atoms with Crippen LogP contribution in [0.3, 0.4) is 0 Å². The number of methoxy groups -OCH3 is 1. The van der Waals surface area contributed by atoms with Crippen LogP contribution in [0, 0.1) is 0 Å². The van der Waals surface area contributed by atoms with E-state index in [1.54, 1.807) is 14.0 Å². The molecule has 0 bridgehead atoms. The van der Waals surface area contributed by atoms with Crippen molar-refractivity contribution in [2.75, 3.05) is 27.7 Å². The van der Waals surface area contributed by atoms with Gasteiger partial charge in [-0.15, -0.1) is 0 Å². The molecule has 0 rings (SSSR count). The lowest BCUT2D eigenvalue weighted by Gasteiger charge is -2.21. The predicted octanol–water partition coefficient (Wildman–Crippen LogP) is -0.0562. The van der Waals surface area contributed by atoms with Crippen LogP contribution in [0.15, 0.2) is 0 Å². The third-order valence-corrected chi connectivity index (χ3v) is 1.39. The standard InChI is InChI=1S/C7H17NO2/c1-6(9)7(10-4)5-8(2)3/h6-7,9H,5H2,1-4H3. The van der Waals surface area contributed by atoms with Crippen molar-refractivity contribution in [2.45, 2.75) is 19.1 Å². The quantitative estimate of drug-likeness (QED) is 0.605. The summed E-state index contributed by atoms with van der Waals surface area (Å²) in [6.45, 7) is 2.49. The van der Waals surface area contributed by atoms with E-state index in [1.165, 1.54) is 0 Å². The fraction of sp³-hybridized carbons (Fsp3) is 1.00. The largest absolute Gasteiger partial charge is 0.391 e. The maximum atomic E-state index is 9.11. The van der Waals surface area contributed by atoms with E-state index in [-0.39, 0.29) is 6.10 Å². The molecule has 0 fully saturated rings. The lowest BCUT2D eigenvalue weighted by atomic mass is 10.2. The molecule has 3 heteroatoms. The van der Waals surface area contributed by atoms with Crippen LogP contribution in [0.2, 0.25) is 0 Å². The minimum absolute atomic E-state index is 0.0741. The first-order valence-corrected chi connectivity index (χ1v) is 3.43. The van der Waals surface area contributed by atoms with Crippen molar-refractivity contribution in [2.24, 2.45) is 0 Å². The molecule has 0 aliphatic carbocycles. The smallest absolute Gasteiger partial charge is 0.0953 e. The molecule has 0 aromatic heterocycles. The number of rotatable bonds is 4. The van der Waals surface area contributed by atoms with Crippen molar-refractivity contribution in [3.63, 3.8) is 0 Å². The zero-order valence-corrected chi connectivity index (χ0v) is 7.16. The summed E-state index contributed by atoms with van der Waals surface area (Å²) in [6, 6.07) is 0. The SMILES string of the molecule is COC(CN(C)C)C(C)O.